The zero-order chi connectivity index (χ0) is 26.3. The van der Waals surface area contributed by atoms with Gasteiger partial charge in [-0.25, -0.2) is 9.97 Å². The fraction of sp³-hybridized carbons (Fsp3) is 0. The summed E-state index contributed by atoms with van der Waals surface area (Å²) in [5, 5.41) is 0. The summed E-state index contributed by atoms with van der Waals surface area (Å²) in [6, 6.07) is 49.8. The molecule has 6 aromatic rings. The fourth-order valence-electron chi connectivity index (χ4n) is 4.46. The molecule has 188 valence electrons. The van der Waals surface area contributed by atoms with E-state index in [2.05, 4.69) is 117 Å². The molecule has 0 aliphatic carbocycles. The Morgan fingerprint density at radius 1 is 0.385 bits per heavy atom. The third-order valence-electron chi connectivity index (χ3n) is 6.17. The van der Waals surface area contributed by atoms with Crippen molar-refractivity contribution in [2.24, 2.45) is 0 Å². The van der Waals surface area contributed by atoms with Gasteiger partial charge in [-0.3, -0.25) is 9.80 Å². The van der Waals surface area contributed by atoms with Crippen LogP contribution >= 0.6 is 11.8 Å². The second kappa shape index (κ2) is 11.7. The zero-order valence-corrected chi connectivity index (χ0v) is 22.0. The Morgan fingerprint density at radius 3 is 1.21 bits per heavy atom. The van der Waals surface area contributed by atoms with Crippen LogP contribution in [-0.2, 0) is 0 Å². The van der Waals surface area contributed by atoms with Crippen molar-refractivity contribution in [3.63, 3.8) is 0 Å². The normalized spacial score (nSPS) is 10.7. The molecule has 0 fully saturated rings. The Bertz CT molecular complexity index is 1420. The molecular weight excluding hydrogens is 496 g/mol. The average molecular weight is 523 g/mol. The van der Waals surface area contributed by atoms with E-state index >= 15 is 0 Å². The Kier molecular flexibility index (Phi) is 7.32. The predicted molar refractivity (Wildman–Crippen MR) is 162 cm³/mol. The van der Waals surface area contributed by atoms with E-state index in [9.17, 15) is 0 Å². The number of aromatic nitrogens is 2. The Labute approximate surface area is 233 Å². The third kappa shape index (κ3) is 5.69. The van der Waals surface area contributed by atoms with Gasteiger partial charge in [0.25, 0.3) is 0 Å². The van der Waals surface area contributed by atoms with E-state index < -0.39 is 0 Å². The number of pyridine rings is 2. The Hall–Kier alpha value is -4.87. The van der Waals surface area contributed by atoms with Crippen LogP contribution in [0.3, 0.4) is 0 Å². The van der Waals surface area contributed by atoms with Crippen molar-refractivity contribution < 1.29 is 0 Å². The number of rotatable bonds is 8. The van der Waals surface area contributed by atoms with Crippen LogP contribution in [0.1, 0.15) is 0 Å². The number of para-hydroxylation sites is 2. The lowest BCUT2D eigenvalue weighted by atomic mass is 10.2. The van der Waals surface area contributed by atoms with Gasteiger partial charge in [0.05, 0.1) is 0 Å². The molecule has 4 nitrogen and oxygen atoms in total. The van der Waals surface area contributed by atoms with Crippen molar-refractivity contribution in [3.8, 4) is 0 Å². The van der Waals surface area contributed by atoms with Crippen molar-refractivity contribution in [1.82, 2.24) is 9.97 Å². The maximum atomic E-state index is 4.64. The standard InChI is InChI=1S/C34H26N4S/c1-3-13-27(14-4-1)37(33-21-7-9-23-35-33)29-17-11-19-31(25-29)39-32-20-12-18-30(26-32)38(28-15-5-2-6-16-28)34-22-8-10-24-36-34/h1-26H. The molecule has 39 heavy (non-hydrogen) atoms. The molecule has 0 atom stereocenters. The van der Waals surface area contributed by atoms with Crippen molar-refractivity contribution in [1.29, 1.82) is 0 Å². The first kappa shape index (κ1) is 24.5. The minimum Gasteiger partial charge on any atom is -0.295 e. The summed E-state index contributed by atoms with van der Waals surface area (Å²) < 4.78 is 0. The minimum atomic E-state index is 0.877. The van der Waals surface area contributed by atoms with Gasteiger partial charge in [0.1, 0.15) is 11.6 Å². The van der Waals surface area contributed by atoms with Gasteiger partial charge < -0.3 is 0 Å². The van der Waals surface area contributed by atoms with E-state index in [-0.39, 0.29) is 0 Å². The number of benzene rings is 4. The van der Waals surface area contributed by atoms with E-state index in [1.165, 1.54) is 0 Å². The quantitative estimate of drug-likeness (QED) is 0.199. The molecule has 6 rings (SSSR count). The maximum absolute atomic E-state index is 4.64. The van der Waals surface area contributed by atoms with Gasteiger partial charge in [0.2, 0.25) is 0 Å². The van der Waals surface area contributed by atoms with Gasteiger partial charge in [-0.15, -0.1) is 0 Å². The fourth-order valence-corrected chi connectivity index (χ4v) is 5.39. The van der Waals surface area contributed by atoms with E-state index in [0.717, 1.165) is 44.2 Å². The summed E-state index contributed by atoms with van der Waals surface area (Å²) in [6.07, 6.45) is 3.66. The van der Waals surface area contributed by atoms with Gasteiger partial charge in [0.15, 0.2) is 0 Å². The van der Waals surface area contributed by atoms with Crippen LogP contribution in [0.25, 0.3) is 0 Å². The third-order valence-corrected chi connectivity index (χ3v) is 7.15. The molecule has 0 saturated carbocycles. The first-order valence-electron chi connectivity index (χ1n) is 12.8. The molecule has 2 heterocycles. The highest BCUT2D eigenvalue weighted by molar-refractivity contribution is 7.99. The number of anilines is 6. The molecule has 0 unspecified atom stereocenters. The SMILES string of the molecule is c1ccc(N(c2cccc(Sc3cccc(N(c4ccccc4)c4ccccn4)c3)c2)c2ccccn2)cc1. The van der Waals surface area contributed by atoms with E-state index in [0.29, 0.717) is 0 Å². The topological polar surface area (TPSA) is 32.3 Å². The molecule has 4 aromatic carbocycles. The Morgan fingerprint density at radius 2 is 0.795 bits per heavy atom. The number of hydrogen-bond donors (Lipinski definition) is 0. The van der Waals surface area contributed by atoms with Gasteiger partial charge in [-0.05, 0) is 84.9 Å². The lowest BCUT2D eigenvalue weighted by Gasteiger charge is -2.25. The first-order chi connectivity index (χ1) is 19.3. The van der Waals surface area contributed by atoms with Crippen LogP contribution in [0.15, 0.2) is 168 Å². The maximum Gasteiger partial charge on any atom is 0.137 e. The largest absolute Gasteiger partial charge is 0.295 e. The minimum absolute atomic E-state index is 0.877. The summed E-state index contributed by atoms with van der Waals surface area (Å²) in [4.78, 5) is 15.9. The smallest absolute Gasteiger partial charge is 0.137 e. The molecule has 0 radical (unpaired) electrons. The Balaban J connectivity index is 1.34. The van der Waals surface area contributed by atoms with Crippen LogP contribution in [0.5, 0.6) is 0 Å². The van der Waals surface area contributed by atoms with Crippen LogP contribution in [0.2, 0.25) is 0 Å². The molecule has 2 aromatic heterocycles. The summed E-state index contributed by atoms with van der Waals surface area (Å²) in [6.45, 7) is 0. The predicted octanol–water partition coefficient (Wildman–Crippen LogP) is 9.57. The molecular formula is C34H26N4S. The van der Waals surface area contributed by atoms with Crippen LogP contribution in [-0.4, -0.2) is 9.97 Å². The van der Waals surface area contributed by atoms with Crippen LogP contribution in [0.4, 0.5) is 34.4 Å². The monoisotopic (exact) mass is 522 g/mol. The lowest BCUT2D eigenvalue weighted by molar-refractivity contribution is 1.17. The van der Waals surface area contributed by atoms with Gasteiger partial charge in [-0.1, -0.05) is 72.4 Å². The highest BCUT2D eigenvalue weighted by Gasteiger charge is 2.15. The van der Waals surface area contributed by atoms with E-state index in [1.54, 1.807) is 11.8 Å². The van der Waals surface area contributed by atoms with Crippen LogP contribution in [0, 0.1) is 0 Å². The summed E-state index contributed by atoms with van der Waals surface area (Å²) >= 11 is 1.74. The summed E-state index contributed by atoms with van der Waals surface area (Å²) in [5.41, 5.74) is 4.24. The van der Waals surface area contributed by atoms with Gasteiger partial charge in [0, 0.05) is 44.9 Å². The number of hydrogen-bond acceptors (Lipinski definition) is 5. The first-order valence-corrected chi connectivity index (χ1v) is 13.6. The zero-order valence-electron chi connectivity index (χ0n) is 21.2. The lowest BCUT2D eigenvalue weighted by Crippen LogP contribution is -2.11. The van der Waals surface area contributed by atoms with Crippen LogP contribution < -0.4 is 9.80 Å². The van der Waals surface area contributed by atoms with Crippen molar-refractivity contribution >= 4 is 46.1 Å². The molecule has 0 aliphatic heterocycles. The second-order valence-corrected chi connectivity index (χ2v) is 9.96. The summed E-state index contributed by atoms with van der Waals surface area (Å²) in [7, 11) is 0. The van der Waals surface area contributed by atoms with Gasteiger partial charge in [-0.2, -0.15) is 0 Å². The average Bonchev–Trinajstić information content (AvgIpc) is 3.00. The molecule has 0 bridgehead atoms. The van der Waals surface area contributed by atoms with E-state index in [1.807, 2.05) is 60.9 Å². The second-order valence-electron chi connectivity index (χ2n) is 8.81. The van der Waals surface area contributed by atoms with E-state index in [4.69, 9.17) is 0 Å². The molecule has 0 spiro atoms. The van der Waals surface area contributed by atoms with Crippen molar-refractivity contribution in [2.75, 3.05) is 9.80 Å². The van der Waals surface area contributed by atoms with Gasteiger partial charge >= 0.3 is 0 Å². The molecule has 0 N–H and O–H groups in total. The van der Waals surface area contributed by atoms with Crippen molar-refractivity contribution in [3.05, 3.63) is 158 Å². The number of nitrogens with zero attached hydrogens (tertiary/aromatic N) is 4. The summed E-state index contributed by atoms with van der Waals surface area (Å²) in [5.74, 6) is 1.75. The molecule has 0 amide bonds. The highest BCUT2D eigenvalue weighted by atomic mass is 32.2. The molecule has 0 aliphatic rings. The molecule has 5 heteroatoms. The highest BCUT2D eigenvalue weighted by Crippen LogP contribution is 2.39. The van der Waals surface area contributed by atoms with Crippen molar-refractivity contribution in [2.45, 2.75) is 9.79 Å². The molecule has 0 saturated heterocycles.